The van der Waals surface area contributed by atoms with Crippen LogP contribution in [0.3, 0.4) is 0 Å². The number of hydrogen-bond donors (Lipinski definition) is 0. The van der Waals surface area contributed by atoms with Crippen LogP contribution in [0.15, 0.2) is 29.2 Å². The van der Waals surface area contributed by atoms with Crippen LogP contribution in [-0.2, 0) is 0 Å². The molecule has 0 heterocycles. The minimum absolute atomic E-state index is 0.231. The molecule has 1 aromatic rings. The molecule has 0 unspecified atom stereocenters. The van der Waals surface area contributed by atoms with E-state index >= 15 is 0 Å². The smallest absolute Gasteiger partial charge is 0.107 e. The Bertz CT molecular complexity index is 391. The second-order valence-electron chi connectivity index (χ2n) is 3.85. The van der Waals surface area contributed by atoms with Crippen molar-refractivity contribution in [2.45, 2.75) is 35.3 Å². The zero-order valence-corrected chi connectivity index (χ0v) is 9.94. The Morgan fingerprint density at radius 2 is 1.93 bits per heavy atom. The lowest BCUT2D eigenvalue weighted by Crippen LogP contribution is -2.16. The van der Waals surface area contributed by atoms with Crippen molar-refractivity contribution in [1.82, 2.24) is 0 Å². The molecule has 1 aliphatic rings. The van der Waals surface area contributed by atoms with Gasteiger partial charge in [0.25, 0.3) is 0 Å². The maximum Gasteiger partial charge on any atom is 0.107 e. The Morgan fingerprint density at radius 3 is 2.53 bits per heavy atom. The molecule has 3 heteroatoms. The molecule has 1 nitrogen and oxygen atoms in total. The van der Waals surface area contributed by atoms with Crippen molar-refractivity contribution in [2.75, 3.05) is 0 Å². The normalized spacial score (nSPS) is 18.7. The summed E-state index contributed by atoms with van der Waals surface area (Å²) in [5.74, 6) is 0. The van der Waals surface area contributed by atoms with Crippen molar-refractivity contribution in [3.63, 3.8) is 0 Å². The monoisotopic (exact) mass is 237 g/mol. The summed E-state index contributed by atoms with van der Waals surface area (Å²) >= 11 is 7.72. The Hall–Kier alpha value is -0.650. The zero-order valence-electron chi connectivity index (χ0n) is 8.37. The Balaban J connectivity index is 2.21. The summed E-state index contributed by atoms with van der Waals surface area (Å²) < 4.78 is -0.231. The molecule has 0 bridgehead atoms. The van der Waals surface area contributed by atoms with E-state index in [1.165, 1.54) is 0 Å². The summed E-state index contributed by atoms with van der Waals surface area (Å²) in [4.78, 5) is 1.03. The van der Waals surface area contributed by atoms with E-state index in [-0.39, 0.29) is 4.75 Å². The van der Waals surface area contributed by atoms with Gasteiger partial charge in [0.2, 0.25) is 0 Å². The summed E-state index contributed by atoms with van der Waals surface area (Å²) in [5.41, 5.74) is 0. The molecule has 15 heavy (non-hydrogen) atoms. The van der Waals surface area contributed by atoms with Gasteiger partial charge >= 0.3 is 0 Å². The van der Waals surface area contributed by atoms with E-state index in [0.29, 0.717) is 0 Å². The number of nitrogens with zero attached hydrogens (tertiary/aromatic N) is 1. The SMILES string of the molecule is N#CC1(Sc2ccccc2Cl)CCCC1. The predicted octanol–water partition coefficient (Wildman–Crippen LogP) is 4.27. The second kappa shape index (κ2) is 4.47. The summed E-state index contributed by atoms with van der Waals surface area (Å²) in [5, 5.41) is 10.0. The molecule has 0 radical (unpaired) electrons. The third-order valence-electron chi connectivity index (χ3n) is 2.76. The van der Waals surface area contributed by atoms with Crippen molar-refractivity contribution >= 4 is 23.4 Å². The molecule has 1 fully saturated rings. The molecule has 0 atom stereocenters. The van der Waals surface area contributed by atoms with Gasteiger partial charge in [-0.1, -0.05) is 36.6 Å². The van der Waals surface area contributed by atoms with Gasteiger partial charge in [-0.3, -0.25) is 0 Å². The molecule has 2 rings (SSSR count). The van der Waals surface area contributed by atoms with Gasteiger partial charge in [0.05, 0.1) is 11.1 Å². The van der Waals surface area contributed by atoms with Gasteiger partial charge < -0.3 is 0 Å². The molecule has 0 aromatic heterocycles. The van der Waals surface area contributed by atoms with Crippen LogP contribution < -0.4 is 0 Å². The molecule has 0 amide bonds. The van der Waals surface area contributed by atoms with E-state index in [0.717, 1.165) is 35.6 Å². The predicted molar refractivity (Wildman–Crippen MR) is 64.1 cm³/mol. The first-order valence-corrected chi connectivity index (χ1v) is 6.30. The molecular weight excluding hydrogens is 226 g/mol. The van der Waals surface area contributed by atoms with E-state index in [1.807, 2.05) is 24.3 Å². The van der Waals surface area contributed by atoms with E-state index in [9.17, 15) is 5.26 Å². The summed E-state index contributed by atoms with van der Waals surface area (Å²) in [6, 6.07) is 10.2. The molecule has 0 aliphatic heterocycles. The van der Waals surface area contributed by atoms with Gasteiger partial charge in [-0.05, 0) is 25.0 Å². The highest BCUT2D eigenvalue weighted by atomic mass is 35.5. The fourth-order valence-electron chi connectivity index (χ4n) is 1.92. The third-order valence-corrected chi connectivity index (χ3v) is 4.66. The van der Waals surface area contributed by atoms with E-state index < -0.39 is 0 Å². The highest BCUT2D eigenvalue weighted by Gasteiger charge is 2.35. The minimum Gasteiger partial charge on any atom is -0.197 e. The van der Waals surface area contributed by atoms with Crippen LogP contribution in [0.4, 0.5) is 0 Å². The topological polar surface area (TPSA) is 23.8 Å². The summed E-state index contributed by atoms with van der Waals surface area (Å²) in [6.45, 7) is 0. The number of thioether (sulfide) groups is 1. The van der Waals surface area contributed by atoms with Crippen molar-refractivity contribution in [3.8, 4) is 6.07 Å². The molecule has 0 saturated heterocycles. The quantitative estimate of drug-likeness (QED) is 0.767. The molecular formula is C12H12ClNS. The first kappa shape index (κ1) is 10.9. The zero-order chi connectivity index (χ0) is 10.7. The van der Waals surface area contributed by atoms with Crippen LogP contribution in [0.25, 0.3) is 0 Å². The van der Waals surface area contributed by atoms with Gasteiger partial charge in [-0.2, -0.15) is 5.26 Å². The van der Waals surface area contributed by atoms with Crippen LogP contribution in [-0.4, -0.2) is 4.75 Å². The molecule has 0 N–H and O–H groups in total. The minimum atomic E-state index is -0.231. The van der Waals surface area contributed by atoms with Crippen molar-refractivity contribution in [2.24, 2.45) is 0 Å². The number of benzene rings is 1. The Kier molecular flexibility index (Phi) is 3.23. The standard InChI is InChI=1S/C12H12ClNS/c13-10-5-1-2-6-11(10)15-12(9-14)7-3-4-8-12/h1-2,5-6H,3-4,7-8H2. The molecule has 1 saturated carbocycles. The van der Waals surface area contributed by atoms with Crippen LogP contribution >= 0.6 is 23.4 Å². The average Bonchev–Trinajstić information content (AvgIpc) is 2.71. The highest BCUT2D eigenvalue weighted by Crippen LogP contribution is 2.46. The molecule has 78 valence electrons. The molecule has 0 spiro atoms. The molecule has 1 aliphatic carbocycles. The van der Waals surface area contributed by atoms with Crippen LogP contribution in [0.1, 0.15) is 25.7 Å². The number of nitriles is 1. The lowest BCUT2D eigenvalue weighted by molar-refractivity contribution is 0.759. The first-order chi connectivity index (χ1) is 7.26. The number of hydrogen-bond acceptors (Lipinski definition) is 2. The third kappa shape index (κ3) is 2.30. The Labute approximate surface area is 99.4 Å². The largest absolute Gasteiger partial charge is 0.197 e. The maximum absolute atomic E-state index is 9.25. The van der Waals surface area contributed by atoms with E-state index in [2.05, 4.69) is 6.07 Å². The summed E-state index contributed by atoms with van der Waals surface area (Å²) in [6.07, 6.45) is 4.29. The van der Waals surface area contributed by atoms with Crippen molar-refractivity contribution in [1.29, 1.82) is 5.26 Å². The van der Waals surface area contributed by atoms with Crippen LogP contribution in [0.2, 0.25) is 5.02 Å². The van der Waals surface area contributed by atoms with Gasteiger partial charge in [0.1, 0.15) is 4.75 Å². The average molecular weight is 238 g/mol. The van der Waals surface area contributed by atoms with Crippen molar-refractivity contribution < 1.29 is 0 Å². The van der Waals surface area contributed by atoms with Gasteiger partial charge in [0.15, 0.2) is 0 Å². The molecule has 1 aromatic carbocycles. The fourth-order valence-corrected chi connectivity index (χ4v) is 3.44. The van der Waals surface area contributed by atoms with Crippen molar-refractivity contribution in [3.05, 3.63) is 29.3 Å². The highest BCUT2D eigenvalue weighted by molar-refractivity contribution is 8.01. The Morgan fingerprint density at radius 1 is 1.27 bits per heavy atom. The maximum atomic E-state index is 9.25. The van der Waals surface area contributed by atoms with E-state index in [4.69, 9.17) is 11.6 Å². The lowest BCUT2D eigenvalue weighted by Gasteiger charge is -2.19. The van der Waals surface area contributed by atoms with Gasteiger partial charge in [-0.15, -0.1) is 11.8 Å². The van der Waals surface area contributed by atoms with Crippen LogP contribution in [0.5, 0.6) is 0 Å². The van der Waals surface area contributed by atoms with Crippen LogP contribution in [0, 0.1) is 11.3 Å². The first-order valence-electron chi connectivity index (χ1n) is 5.11. The summed E-state index contributed by atoms with van der Waals surface area (Å²) in [7, 11) is 0. The van der Waals surface area contributed by atoms with E-state index in [1.54, 1.807) is 11.8 Å². The lowest BCUT2D eigenvalue weighted by atomic mass is 10.1. The fraction of sp³-hybridized carbons (Fsp3) is 0.417. The number of rotatable bonds is 2. The van der Waals surface area contributed by atoms with Gasteiger partial charge in [0, 0.05) is 4.90 Å². The van der Waals surface area contributed by atoms with Gasteiger partial charge in [-0.25, -0.2) is 0 Å². The number of halogens is 1. The second-order valence-corrected chi connectivity index (χ2v) is 5.68.